The fraction of sp³-hybridized carbons (Fsp3) is 0. The Morgan fingerprint density at radius 3 is 1.49 bits per heavy atom. The Balaban J connectivity index is 1.07. The van der Waals surface area contributed by atoms with E-state index in [0.29, 0.717) is 0 Å². The van der Waals surface area contributed by atoms with Gasteiger partial charge < -0.3 is 4.90 Å². The zero-order valence-electron chi connectivity index (χ0n) is 31.0. The van der Waals surface area contributed by atoms with Gasteiger partial charge in [0.1, 0.15) is 0 Å². The SMILES string of the molecule is c1ccc(-c2cccc(-c3ccc(N(c4ccc(-c5cccc6c5sc5ccccc56)cc4)c4ccc(-c5ccccc5)c5c4sc4ccccc45)cc3)c2)cc1. The van der Waals surface area contributed by atoms with Crippen molar-refractivity contribution in [3.63, 3.8) is 0 Å². The molecule has 0 amide bonds. The second kappa shape index (κ2) is 14.1. The van der Waals surface area contributed by atoms with E-state index in [1.807, 2.05) is 22.7 Å². The van der Waals surface area contributed by atoms with Gasteiger partial charge in [0.05, 0.1) is 10.4 Å². The van der Waals surface area contributed by atoms with Crippen molar-refractivity contribution in [1.82, 2.24) is 0 Å². The fourth-order valence-corrected chi connectivity index (χ4v) is 10.8. The smallest absolute Gasteiger partial charge is 0.0640 e. The topological polar surface area (TPSA) is 3.24 Å². The third-order valence-electron chi connectivity index (χ3n) is 11.1. The van der Waals surface area contributed by atoms with Crippen LogP contribution in [0.5, 0.6) is 0 Å². The first kappa shape index (κ1) is 33.5. The van der Waals surface area contributed by atoms with E-state index in [1.54, 1.807) is 0 Å². The molecule has 0 radical (unpaired) electrons. The zero-order chi connectivity index (χ0) is 37.7. The van der Waals surface area contributed by atoms with Crippen LogP contribution in [0.25, 0.3) is 84.9 Å². The van der Waals surface area contributed by atoms with E-state index in [9.17, 15) is 0 Å². The van der Waals surface area contributed by atoms with Crippen molar-refractivity contribution < 1.29 is 0 Å². The number of nitrogens with zero attached hydrogens (tertiary/aromatic N) is 1. The van der Waals surface area contributed by atoms with Crippen LogP contribution in [0, 0.1) is 0 Å². The minimum absolute atomic E-state index is 1.11. The second-order valence-corrected chi connectivity index (χ2v) is 16.6. The van der Waals surface area contributed by atoms with Crippen LogP contribution < -0.4 is 4.90 Å². The summed E-state index contributed by atoms with van der Waals surface area (Å²) in [6.07, 6.45) is 0. The Kier molecular flexibility index (Phi) is 8.28. The first-order valence-electron chi connectivity index (χ1n) is 19.3. The molecule has 0 atom stereocenters. The lowest BCUT2D eigenvalue weighted by molar-refractivity contribution is 1.30. The quantitative estimate of drug-likeness (QED) is 0.156. The molecular weight excluding hydrogens is 727 g/mol. The minimum atomic E-state index is 1.11. The first-order chi connectivity index (χ1) is 28.3. The standard InChI is InChI=1S/C54H35NS2/c1-3-13-36(14-4-1)40-17-11-18-41(35-40)37-25-29-42(30-26-37)55(43-31-27-39(28-32-43)45-21-12-22-47-46-19-7-9-23-50(46)56-53(45)47)49-34-33-44(38-15-5-2-6-16-38)52-48-20-8-10-24-51(48)57-54(49)52/h1-35H. The van der Waals surface area contributed by atoms with Crippen molar-refractivity contribution in [2.45, 2.75) is 0 Å². The molecule has 1 nitrogen and oxygen atoms in total. The van der Waals surface area contributed by atoms with Crippen molar-refractivity contribution in [2.75, 3.05) is 4.90 Å². The second-order valence-electron chi connectivity index (χ2n) is 14.5. The number of benzene rings is 9. The van der Waals surface area contributed by atoms with Crippen LogP contribution in [0.15, 0.2) is 212 Å². The molecule has 2 heterocycles. The van der Waals surface area contributed by atoms with Gasteiger partial charge in [-0.25, -0.2) is 0 Å². The van der Waals surface area contributed by atoms with Crippen LogP contribution in [-0.2, 0) is 0 Å². The van der Waals surface area contributed by atoms with Crippen LogP contribution in [0.1, 0.15) is 0 Å². The van der Waals surface area contributed by atoms with Gasteiger partial charge in [-0.3, -0.25) is 0 Å². The predicted molar refractivity (Wildman–Crippen MR) is 249 cm³/mol. The molecule has 0 unspecified atom stereocenters. The lowest BCUT2D eigenvalue weighted by Crippen LogP contribution is -2.10. The summed E-state index contributed by atoms with van der Waals surface area (Å²) in [6.45, 7) is 0. The Labute approximate surface area is 340 Å². The molecular formula is C54H35NS2. The molecule has 11 aromatic rings. The maximum atomic E-state index is 2.44. The Bertz CT molecular complexity index is 3210. The van der Waals surface area contributed by atoms with Gasteiger partial charge >= 0.3 is 0 Å². The minimum Gasteiger partial charge on any atom is -0.309 e. The molecule has 2 aromatic heterocycles. The Morgan fingerprint density at radius 2 is 0.789 bits per heavy atom. The Morgan fingerprint density at radius 1 is 0.298 bits per heavy atom. The highest BCUT2D eigenvalue weighted by molar-refractivity contribution is 7.26. The summed E-state index contributed by atoms with van der Waals surface area (Å²) >= 11 is 3.76. The molecule has 0 N–H and O–H groups in total. The van der Waals surface area contributed by atoms with Crippen molar-refractivity contribution in [3.05, 3.63) is 212 Å². The predicted octanol–water partition coefficient (Wildman–Crippen LogP) is 16.6. The lowest BCUT2D eigenvalue weighted by atomic mass is 9.97. The van der Waals surface area contributed by atoms with Gasteiger partial charge in [-0.2, -0.15) is 0 Å². The van der Waals surface area contributed by atoms with Gasteiger partial charge in [0.15, 0.2) is 0 Å². The molecule has 3 heteroatoms. The van der Waals surface area contributed by atoms with Gasteiger partial charge in [-0.05, 0) is 93.0 Å². The van der Waals surface area contributed by atoms with Crippen LogP contribution in [-0.4, -0.2) is 0 Å². The number of fused-ring (bicyclic) bond motifs is 6. The van der Waals surface area contributed by atoms with E-state index in [2.05, 4.69) is 217 Å². The number of rotatable bonds is 7. The normalized spacial score (nSPS) is 11.5. The highest BCUT2D eigenvalue weighted by Crippen LogP contribution is 2.49. The maximum Gasteiger partial charge on any atom is 0.0640 e. The van der Waals surface area contributed by atoms with Gasteiger partial charge in [0.2, 0.25) is 0 Å². The summed E-state index contributed by atoms with van der Waals surface area (Å²) in [5.74, 6) is 0. The average molecular weight is 762 g/mol. The van der Waals surface area contributed by atoms with E-state index in [1.165, 1.54) is 90.5 Å². The van der Waals surface area contributed by atoms with Crippen molar-refractivity contribution in [2.24, 2.45) is 0 Å². The van der Waals surface area contributed by atoms with Gasteiger partial charge in [0, 0.05) is 47.0 Å². The summed E-state index contributed by atoms with van der Waals surface area (Å²) in [5.41, 5.74) is 13.2. The largest absolute Gasteiger partial charge is 0.309 e. The molecule has 0 aliphatic rings. The van der Waals surface area contributed by atoms with Crippen molar-refractivity contribution in [1.29, 1.82) is 0 Å². The molecule has 0 spiro atoms. The van der Waals surface area contributed by atoms with E-state index in [0.717, 1.165) is 11.4 Å². The number of hydrogen-bond acceptors (Lipinski definition) is 3. The number of thiophene rings is 2. The van der Waals surface area contributed by atoms with Gasteiger partial charge in [-0.15, -0.1) is 22.7 Å². The summed E-state index contributed by atoms with van der Waals surface area (Å²) in [5, 5.41) is 5.23. The first-order valence-corrected chi connectivity index (χ1v) is 21.0. The zero-order valence-corrected chi connectivity index (χ0v) is 32.6. The number of anilines is 3. The average Bonchev–Trinajstić information content (AvgIpc) is 3.87. The molecule has 9 aromatic carbocycles. The lowest BCUT2D eigenvalue weighted by Gasteiger charge is -2.27. The summed E-state index contributed by atoms with van der Waals surface area (Å²) < 4.78 is 5.22. The van der Waals surface area contributed by atoms with E-state index < -0.39 is 0 Å². The molecule has 0 saturated carbocycles. The van der Waals surface area contributed by atoms with Crippen LogP contribution >= 0.6 is 22.7 Å². The number of hydrogen-bond donors (Lipinski definition) is 0. The molecule has 0 saturated heterocycles. The highest BCUT2D eigenvalue weighted by atomic mass is 32.1. The molecule has 0 fully saturated rings. The third-order valence-corrected chi connectivity index (χ3v) is 13.5. The van der Waals surface area contributed by atoms with Crippen molar-refractivity contribution >= 4 is 80.1 Å². The molecule has 0 aliphatic carbocycles. The van der Waals surface area contributed by atoms with Gasteiger partial charge in [-0.1, -0.05) is 164 Å². The monoisotopic (exact) mass is 761 g/mol. The van der Waals surface area contributed by atoms with Crippen LogP contribution in [0.3, 0.4) is 0 Å². The van der Waals surface area contributed by atoms with E-state index in [4.69, 9.17) is 0 Å². The Hall–Kier alpha value is -6.78. The molecule has 0 bridgehead atoms. The molecule has 11 rings (SSSR count). The van der Waals surface area contributed by atoms with Crippen LogP contribution in [0.2, 0.25) is 0 Å². The van der Waals surface area contributed by atoms with E-state index in [-0.39, 0.29) is 0 Å². The highest BCUT2D eigenvalue weighted by Gasteiger charge is 2.21. The van der Waals surface area contributed by atoms with E-state index >= 15 is 0 Å². The van der Waals surface area contributed by atoms with Crippen LogP contribution in [0.4, 0.5) is 17.1 Å². The molecule has 268 valence electrons. The molecule has 0 aliphatic heterocycles. The van der Waals surface area contributed by atoms with Gasteiger partial charge in [0.25, 0.3) is 0 Å². The fourth-order valence-electron chi connectivity index (χ4n) is 8.35. The molecule has 57 heavy (non-hydrogen) atoms. The van der Waals surface area contributed by atoms with Crippen molar-refractivity contribution in [3.8, 4) is 44.5 Å². The maximum absolute atomic E-state index is 2.44. The summed E-state index contributed by atoms with van der Waals surface area (Å²) in [7, 11) is 0. The summed E-state index contributed by atoms with van der Waals surface area (Å²) in [4.78, 5) is 2.44. The summed E-state index contributed by atoms with van der Waals surface area (Å²) in [6, 6.07) is 77.5. The third kappa shape index (κ3) is 5.91.